The van der Waals surface area contributed by atoms with Crippen molar-refractivity contribution >= 4 is 5.69 Å². The van der Waals surface area contributed by atoms with Crippen LogP contribution in [-0.4, -0.2) is 6.61 Å². The molecule has 0 saturated heterocycles. The number of nitrogen functional groups attached to an aromatic ring is 1. The lowest BCUT2D eigenvalue weighted by molar-refractivity contribution is 0.306. The van der Waals surface area contributed by atoms with Crippen molar-refractivity contribution < 1.29 is 4.74 Å². The molecule has 0 bridgehead atoms. The highest BCUT2D eigenvalue weighted by atomic mass is 16.5. The van der Waals surface area contributed by atoms with E-state index in [2.05, 4.69) is 44.2 Å². The van der Waals surface area contributed by atoms with Gasteiger partial charge in [-0.1, -0.05) is 44.2 Å². The number of aryl methyl sites for hydroxylation is 1. The van der Waals surface area contributed by atoms with Gasteiger partial charge in [-0.15, -0.1) is 0 Å². The van der Waals surface area contributed by atoms with E-state index in [1.165, 1.54) is 11.1 Å². The number of nitrogens with two attached hydrogens (primary N) is 1. The van der Waals surface area contributed by atoms with E-state index >= 15 is 0 Å². The van der Waals surface area contributed by atoms with Crippen molar-refractivity contribution in [3.63, 3.8) is 0 Å². The molecule has 2 nitrogen and oxygen atoms in total. The maximum atomic E-state index is 5.98. The average molecular weight is 283 g/mol. The number of rotatable bonds is 7. The van der Waals surface area contributed by atoms with Crippen LogP contribution < -0.4 is 10.5 Å². The molecule has 0 saturated carbocycles. The molecule has 0 amide bonds. The molecule has 112 valence electrons. The molecule has 0 spiro atoms. The number of benzene rings is 2. The molecule has 0 fully saturated rings. The van der Waals surface area contributed by atoms with Gasteiger partial charge in [0.1, 0.15) is 5.75 Å². The minimum absolute atomic E-state index is 0.540. The molecule has 0 heterocycles. The van der Waals surface area contributed by atoms with Crippen molar-refractivity contribution in [3.05, 3.63) is 59.7 Å². The van der Waals surface area contributed by atoms with Gasteiger partial charge < -0.3 is 10.5 Å². The molecule has 21 heavy (non-hydrogen) atoms. The highest BCUT2D eigenvalue weighted by Gasteiger charge is 2.09. The molecular weight excluding hydrogens is 258 g/mol. The largest absolute Gasteiger partial charge is 0.493 e. The summed E-state index contributed by atoms with van der Waals surface area (Å²) in [7, 11) is 0. The van der Waals surface area contributed by atoms with Crippen LogP contribution >= 0.6 is 0 Å². The third-order valence-corrected chi connectivity index (χ3v) is 3.91. The summed E-state index contributed by atoms with van der Waals surface area (Å²) in [5.41, 5.74) is 9.13. The zero-order valence-electron chi connectivity index (χ0n) is 13.0. The first-order valence-electron chi connectivity index (χ1n) is 7.77. The number of hydrogen-bond donors (Lipinski definition) is 1. The summed E-state index contributed by atoms with van der Waals surface area (Å²) in [5.74, 6) is 1.57. The summed E-state index contributed by atoms with van der Waals surface area (Å²) in [5, 5.41) is 0. The molecule has 0 aliphatic rings. The van der Waals surface area contributed by atoms with E-state index < -0.39 is 0 Å². The predicted molar refractivity (Wildman–Crippen MR) is 89.8 cm³/mol. The van der Waals surface area contributed by atoms with E-state index in [9.17, 15) is 0 Å². The van der Waals surface area contributed by atoms with Gasteiger partial charge in [0.15, 0.2) is 0 Å². The quantitative estimate of drug-likeness (QED) is 0.585. The van der Waals surface area contributed by atoms with Gasteiger partial charge in [0.25, 0.3) is 0 Å². The Labute approximate surface area is 127 Å². The number of anilines is 1. The van der Waals surface area contributed by atoms with E-state index in [1.54, 1.807) is 0 Å². The summed E-state index contributed by atoms with van der Waals surface area (Å²) in [4.78, 5) is 0. The van der Waals surface area contributed by atoms with Gasteiger partial charge in [-0.25, -0.2) is 0 Å². The Morgan fingerprint density at radius 2 is 1.76 bits per heavy atom. The molecule has 2 aromatic rings. The molecule has 2 N–H and O–H groups in total. The molecule has 2 heteroatoms. The van der Waals surface area contributed by atoms with Gasteiger partial charge >= 0.3 is 0 Å². The lowest BCUT2D eigenvalue weighted by Crippen LogP contribution is -2.03. The Bertz CT molecular complexity index is 548. The second-order valence-corrected chi connectivity index (χ2v) is 5.54. The van der Waals surface area contributed by atoms with Crippen LogP contribution in [0.1, 0.15) is 43.7 Å². The van der Waals surface area contributed by atoms with Crippen molar-refractivity contribution in [1.29, 1.82) is 0 Å². The summed E-state index contributed by atoms with van der Waals surface area (Å²) in [6, 6.07) is 16.5. The fourth-order valence-corrected chi connectivity index (χ4v) is 2.38. The lowest BCUT2D eigenvalue weighted by Gasteiger charge is -2.15. The van der Waals surface area contributed by atoms with E-state index in [0.29, 0.717) is 5.92 Å². The fraction of sp³-hybridized carbons (Fsp3) is 0.368. The van der Waals surface area contributed by atoms with E-state index in [-0.39, 0.29) is 0 Å². The fourth-order valence-electron chi connectivity index (χ4n) is 2.38. The van der Waals surface area contributed by atoms with Crippen molar-refractivity contribution in [2.75, 3.05) is 12.3 Å². The van der Waals surface area contributed by atoms with Crippen LogP contribution in [0.2, 0.25) is 0 Å². The summed E-state index contributed by atoms with van der Waals surface area (Å²) < 4.78 is 5.98. The van der Waals surface area contributed by atoms with Crippen LogP contribution in [0.25, 0.3) is 0 Å². The van der Waals surface area contributed by atoms with E-state index in [1.807, 2.05) is 18.2 Å². The van der Waals surface area contributed by atoms with Crippen LogP contribution in [0.5, 0.6) is 5.75 Å². The van der Waals surface area contributed by atoms with Gasteiger partial charge in [0, 0.05) is 5.69 Å². The van der Waals surface area contributed by atoms with Crippen LogP contribution in [0.3, 0.4) is 0 Å². The van der Waals surface area contributed by atoms with Gasteiger partial charge in [-0.05, 0) is 54.5 Å². The van der Waals surface area contributed by atoms with Crippen molar-refractivity contribution in [2.45, 2.75) is 39.0 Å². The normalized spacial score (nSPS) is 12.1. The maximum absolute atomic E-state index is 5.98. The molecule has 2 rings (SSSR count). The zero-order valence-corrected chi connectivity index (χ0v) is 13.0. The van der Waals surface area contributed by atoms with Crippen LogP contribution in [-0.2, 0) is 6.42 Å². The second-order valence-electron chi connectivity index (χ2n) is 5.54. The highest BCUT2D eigenvalue weighted by molar-refractivity contribution is 5.39. The highest BCUT2D eigenvalue weighted by Crippen LogP contribution is 2.28. The minimum Gasteiger partial charge on any atom is -0.493 e. The lowest BCUT2D eigenvalue weighted by atomic mass is 9.98. The van der Waals surface area contributed by atoms with Gasteiger partial charge in [0.05, 0.1) is 6.61 Å². The van der Waals surface area contributed by atoms with Gasteiger partial charge in [0.2, 0.25) is 0 Å². The van der Waals surface area contributed by atoms with Crippen molar-refractivity contribution in [3.8, 4) is 5.75 Å². The van der Waals surface area contributed by atoms with E-state index in [4.69, 9.17) is 10.5 Å². The first-order chi connectivity index (χ1) is 10.2. The van der Waals surface area contributed by atoms with Crippen LogP contribution in [0.15, 0.2) is 48.5 Å². The zero-order chi connectivity index (χ0) is 15.1. The summed E-state index contributed by atoms with van der Waals surface area (Å²) >= 11 is 0. The first-order valence-corrected chi connectivity index (χ1v) is 7.77. The Balaban J connectivity index is 1.85. The monoisotopic (exact) mass is 283 g/mol. The maximum Gasteiger partial charge on any atom is 0.122 e. The topological polar surface area (TPSA) is 35.2 Å². The molecular formula is C19H25NO. The predicted octanol–water partition coefficient (Wildman–Crippen LogP) is 4.79. The number of hydrogen-bond acceptors (Lipinski definition) is 2. The number of ether oxygens (including phenoxy) is 1. The Hall–Kier alpha value is -1.96. The number of para-hydroxylation sites is 1. The summed E-state index contributed by atoms with van der Waals surface area (Å²) in [6.45, 7) is 5.21. The second kappa shape index (κ2) is 7.72. The third kappa shape index (κ3) is 4.52. The average Bonchev–Trinajstić information content (AvgIpc) is 2.53. The molecule has 2 aromatic carbocycles. The van der Waals surface area contributed by atoms with Crippen LogP contribution in [0, 0.1) is 0 Å². The first kappa shape index (κ1) is 15.4. The SMILES string of the molecule is CCC(C)c1ccccc1OCCCc1ccc(N)cc1. The van der Waals surface area contributed by atoms with Crippen molar-refractivity contribution in [1.82, 2.24) is 0 Å². The smallest absolute Gasteiger partial charge is 0.122 e. The van der Waals surface area contributed by atoms with Crippen molar-refractivity contribution in [2.24, 2.45) is 0 Å². The molecule has 0 aliphatic heterocycles. The van der Waals surface area contributed by atoms with Gasteiger partial charge in [-0.3, -0.25) is 0 Å². The molecule has 1 unspecified atom stereocenters. The molecule has 0 aromatic heterocycles. The standard InChI is InChI=1S/C19H25NO/c1-3-15(2)18-8-4-5-9-19(18)21-14-6-7-16-10-12-17(20)13-11-16/h4-5,8-13,15H,3,6-7,14,20H2,1-2H3. The Morgan fingerprint density at radius 3 is 2.48 bits per heavy atom. The minimum atomic E-state index is 0.540. The molecule has 1 atom stereocenters. The van der Waals surface area contributed by atoms with Gasteiger partial charge in [-0.2, -0.15) is 0 Å². The Kier molecular flexibility index (Phi) is 5.68. The van der Waals surface area contributed by atoms with E-state index in [0.717, 1.165) is 37.3 Å². The summed E-state index contributed by atoms with van der Waals surface area (Å²) in [6.07, 6.45) is 3.16. The molecule has 0 radical (unpaired) electrons. The Morgan fingerprint density at radius 1 is 1.05 bits per heavy atom. The van der Waals surface area contributed by atoms with Crippen LogP contribution in [0.4, 0.5) is 5.69 Å². The third-order valence-electron chi connectivity index (χ3n) is 3.91. The molecule has 0 aliphatic carbocycles.